The summed E-state index contributed by atoms with van der Waals surface area (Å²) in [5.74, 6) is 0. The van der Waals surface area contributed by atoms with Gasteiger partial charge in [-0.3, -0.25) is 0 Å². The molecule has 0 heterocycles. The second-order valence-electron chi connectivity index (χ2n) is 2.29. The fourth-order valence-corrected chi connectivity index (χ4v) is 2.25. The first kappa shape index (κ1) is 13.4. The Bertz CT molecular complexity index is 55.8. The Morgan fingerprint density at radius 1 is 1.00 bits per heavy atom. The largest absolute Gasteiger partial charge is 0.432 e. The minimum Gasteiger partial charge on any atom is -0.432 e. The standard InChI is InChI=1S/C6H16OSi.K/c1-4-8(7,5-2)6-3;/h7H,4-6H2,1-3H3;. The molecular weight excluding hydrogens is 155 g/mol. The molecule has 0 atom stereocenters. The van der Waals surface area contributed by atoms with Crippen molar-refractivity contribution in [2.75, 3.05) is 0 Å². The van der Waals surface area contributed by atoms with E-state index >= 15 is 0 Å². The molecule has 0 saturated carbocycles. The van der Waals surface area contributed by atoms with Crippen molar-refractivity contribution in [2.24, 2.45) is 0 Å². The Morgan fingerprint density at radius 3 is 1.22 bits per heavy atom. The molecule has 0 saturated heterocycles. The molecule has 3 heteroatoms. The zero-order valence-electron chi connectivity index (χ0n) is 7.07. The average Bonchev–Trinajstić information content (AvgIpc) is 1.87. The molecule has 1 nitrogen and oxygen atoms in total. The van der Waals surface area contributed by atoms with Crippen molar-refractivity contribution < 1.29 is 4.80 Å². The molecule has 0 unspecified atom stereocenters. The zero-order chi connectivity index (χ0) is 6.62. The monoisotopic (exact) mass is 171 g/mol. The minimum atomic E-state index is -1.67. The van der Waals surface area contributed by atoms with Crippen LogP contribution in [0.1, 0.15) is 20.8 Å². The maximum atomic E-state index is 9.58. The van der Waals surface area contributed by atoms with E-state index in [0.717, 1.165) is 18.1 Å². The summed E-state index contributed by atoms with van der Waals surface area (Å²) in [4.78, 5) is 9.58. The van der Waals surface area contributed by atoms with Gasteiger partial charge in [-0.1, -0.05) is 20.8 Å². The number of hydrogen-bond donors (Lipinski definition) is 1. The van der Waals surface area contributed by atoms with Crippen LogP contribution in [0.25, 0.3) is 0 Å². The Labute approximate surface area is 102 Å². The van der Waals surface area contributed by atoms with Gasteiger partial charge in [-0.05, 0) is 18.1 Å². The second-order valence-corrected chi connectivity index (χ2v) is 6.86. The molecule has 0 bridgehead atoms. The van der Waals surface area contributed by atoms with Gasteiger partial charge in [-0.25, -0.2) is 0 Å². The molecule has 0 aliphatic rings. The summed E-state index contributed by atoms with van der Waals surface area (Å²) in [7, 11) is -1.67. The Balaban J connectivity index is 0. The van der Waals surface area contributed by atoms with E-state index in [9.17, 15) is 4.80 Å². The van der Waals surface area contributed by atoms with Crippen LogP contribution in [-0.4, -0.2) is 64.5 Å². The molecule has 1 N–H and O–H groups in total. The third-order valence-electron chi connectivity index (χ3n) is 1.97. The summed E-state index contributed by atoms with van der Waals surface area (Å²) in [6, 6.07) is 3.04. The van der Waals surface area contributed by atoms with Crippen molar-refractivity contribution in [3.05, 3.63) is 0 Å². The maximum Gasteiger partial charge on any atom is 0.187 e. The van der Waals surface area contributed by atoms with E-state index in [0.29, 0.717) is 0 Å². The van der Waals surface area contributed by atoms with E-state index in [-0.39, 0.29) is 51.4 Å². The van der Waals surface area contributed by atoms with Crippen molar-refractivity contribution in [2.45, 2.75) is 38.9 Å². The van der Waals surface area contributed by atoms with Crippen molar-refractivity contribution in [3.63, 3.8) is 0 Å². The summed E-state index contributed by atoms with van der Waals surface area (Å²) in [5.41, 5.74) is 0. The van der Waals surface area contributed by atoms with Gasteiger partial charge in [0.05, 0.1) is 0 Å². The van der Waals surface area contributed by atoms with Gasteiger partial charge in [0, 0.05) is 51.4 Å². The molecule has 0 aliphatic carbocycles. The Kier molecular flexibility index (Phi) is 9.71. The van der Waals surface area contributed by atoms with Gasteiger partial charge < -0.3 is 4.80 Å². The summed E-state index contributed by atoms with van der Waals surface area (Å²) in [6.45, 7) is 6.25. The molecule has 0 aromatic heterocycles. The van der Waals surface area contributed by atoms with E-state index in [2.05, 4.69) is 20.8 Å². The van der Waals surface area contributed by atoms with Crippen molar-refractivity contribution in [1.82, 2.24) is 0 Å². The average molecular weight is 171 g/mol. The van der Waals surface area contributed by atoms with Crippen LogP contribution in [0.15, 0.2) is 0 Å². The van der Waals surface area contributed by atoms with Crippen LogP contribution in [0, 0.1) is 0 Å². The predicted molar refractivity (Wildman–Crippen MR) is 45.2 cm³/mol. The number of hydrogen-bond acceptors (Lipinski definition) is 1. The van der Waals surface area contributed by atoms with Gasteiger partial charge in [-0.2, -0.15) is 0 Å². The zero-order valence-corrected chi connectivity index (χ0v) is 11.2. The van der Waals surface area contributed by atoms with Crippen LogP contribution in [0.5, 0.6) is 0 Å². The predicted octanol–water partition coefficient (Wildman–Crippen LogP) is 1.60. The summed E-state index contributed by atoms with van der Waals surface area (Å²) in [5, 5.41) is 0. The second kappa shape index (κ2) is 6.52. The van der Waals surface area contributed by atoms with E-state index in [1.54, 1.807) is 0 Å². The smallest absolute Gasteiger partial charge is 0.187 e. The molecule has 1 radical (unpaired) electrons. The van der Waals surface area contributed by atoms with E-state index in [1.807, 2.05) is 0 Å². The quantitative estimate of drug-likeness (QED) is 0.640. The molecule has 0 amide bonds. The fourth-order valence-electron chi connectivity index (χ4n) is 0.750. The van der Waals surface area contributed by atoms with E-state index in [1.165, 1.54) is 0 Å². The van der Waals surface area contributed by atoms with E-state index in [4.69, 9.17) is 0 Å². The molecule has 0 aliphatic heterocycles. The molecule has 0 aromatic carbocycles. The van der Waals surface area contributed by atoms with Gasteiger partial charge in [0.15, 0.2) is 8.32 Å². The third kappa shape index (κ3) is 5.12. The van der Waals surface area contributed by atoms with Gasteiger partial charge in [-0.15, -0.1) is 0 Å². The number of rotatable bonds is 3. The summed E-state index contributed by atoms with van der Waals surface area (Å²) in [6.07, 6.45) is 0. The van der Waals surface area contributed by atoms with Crippen molar-refractivity contribution in [1.29, 1.82) is 0 Å². The molecule has 0 rings (SSSR count). The van der Waals surface area contributed by atoms with Gasteiger partial charge in [0.1, 0.15) is 0 Å². The maximum absolute atomic E-state index is 9.58. The van der Waals surface area contributed by atoms with Crippen LogP contribution in [-0.2, 0) is 0 Å². The van der Waals surface area contributed by atoms with Crippen LogP contribution >= 0.6 is 0 Å². The SMILES string of the molecule is CC[Si](O)(CC)CC.[K]. The molecular formula is C6H16KOSi. The van der Waals surface area contributed by atoms with Gasteiger partial charge in [0.25, 0.3) is 0 Å². The molecule has 0 aromatic rings. The van der Waals surface area contributed by atoms with Crippen molar-refractivity contribution in [3.8, 4) is 0 Å². The normalized spacial score (nSPS) is 10.7. The van der Waals surface area contributed by atoms with Crippen LogP contribution in [0.4, 0.5) is 0 Å². The Morgan fingerprint density at radius 2 is 1.22 bits per heavy atom. The first-order valence-electron chi connectivity index (χ1n) is 3.41. The first-order chi connectivity index (χ1) is 3.68. The van der Waals surface area contributed by atoms with Crippen LogP contribution < -0.4 is 0 Å². The summed E-state index contributed by atoms with van der Waals surface area (Å²) < 4.78 is 0. The fraction of sp³-hybridized carbons (Fsp3) is 1.00. The molecule has 9 heavy (non-hydrogen) atoms. The molecule has 51 valence electrons. The summed E-state index contributed by atoms with van der Waals surface area (Å²) >= 11 is 0. The van der Waals surface area contributed by atoms with Crippen LogP contribution in [0.2, 0.25) is 18.1 Å². The minimum absolute atomic E-state index is 0. The third-order valence-corrected chi connectivity index (χ3v) is 5.92. The van der Waals surface area contributed by atoms with Crippen LogP contribution in [0.3, 0.4) is 0 Å². The van der Waals surface area contributed by atoms with Gasteiger partial charge >= 0.3 is 0 Å². The topological polar surface area (TPSA) is 20.2 Å². The van der Waals surface area contributed by atoms with Crippen molar-refractivity contribution >= 4 is 59.7 Å². The van der Waals surface area contributed by atoms with E-state index < -0.39 is 8.32 Å². The Hall–Kier alpha value is 1.81. The molecule has 0 fully saturated rings. The van der Waals surface area contributed by atoms with Gasteiger partial charge in [0.2, 0.25) is 0 Å². The molecule has 0 spiro atoms. The first-order valence-corrected chi connectivity index (χ1v) is 5.97.